The molecule has 0 bridgehead atoms. The first-order valence-electron chi connectivity index (χ1n) is 7.24. The molecule has 0 radical (unpaired) electrons. The molecule has 5 nitrogen and oxygen atoms in total. The summed E-state index contributed by atoms with van der Waals surface area (Å²) in [6.07, 6.45) is -3.56. The Morgan fingerprint density at radius 2 is 2.12 bits per heavy atom. The number of nitrogens with zero attached hydrogens (tertiary/aromatic N) is 2. The number of alkyl halides is 3. The zero-order chi connectivity index (χ0) is 17.7. The normalized spacial score (nSPS) is 12.9. The molecule has 9 heteroatoms. The summed E-state index contributed by atoms with van der Waals surface area (Å²) in [5.41, 5.74) is -0.960. The summed E-state index contributed by atoms with van der Waals surface area (Å²) in [6.45, 7) is 4.00. The van der Waals surface area contributed by atoms with Gasteiger partial charge in [0.05, 0.1) is 12.1 Å². The zero-order valence-electron chi connectivity index (χ0n) is 13.1. The SMILES string of the molecule is CC[C@H](C)Sc1nnc(CNC(=O)c2cccc(C(F)(F)F)c2)o1. The van der Waals surface area contributed by atoms with Crippen LogP contribution in [0, 0.1) is 0 Å². The number of hydrogen-bond acceptors (Lipinski definition) is 5. The van der Waals surface area contributed by atoms with Crippen LogP contribution in [0.1, 0.15) is 42.1 Å². The molecule has 1 N–H and O–H groups in total. The Labute approximate surface area is 141 Å². The van der Waals surface area contributed by atoms with E-state index in [1.54, 1.807) is 0 Å². The minimum Gasteiger partial charge on any atom is -0.414 e. The van der Waals surface area contributed by atoms with E-state index in [2.05, 4.69) is 15.5 Å². The molecule has 1 aromatic heterocycles. The van der Waals surface area contributed by atoms with Gasteiger partial charge in [-0.3, -0.25) is 4.79 Å². The van der Waals surface area contributed by atoms with Gasteiger partial charge in [0.25, 0.3) is 11.1 Å². The molecule has 24 heavy (non-hydrogen) atoms. The van der Waals surface area contributed by atoms with Crippen molar-refractivity contribution in [2.45, 2.75) is 43.5 Å². The molecule has 0 saturated carbocycles. The fraction of sp³-hybridized carbons (Fsp3) is 0.400. The highest BCUT2D eigenvalue weighted by Gasteiger charge is 2.30. The number of hydrogen-bond donors (Lipinski definition) is 1. The summed E-state index contributed by atoms with van der Waals surface area (Å²) in [5, 5.41) is 10.8. The molecule has 0 saturated heterocycles. The molecule has 0 unspecified atom stereocenters. The summed E-state index contributed by atoms with van der Waals surface area (Å²) < 4.78 is 43.3. The van der Waals surface area contributed by atoms with Crippen LogP contribution < -0.4 is 5.32 Å². The average molecular weight is 359 g/mol. The highest BCUT2D eigenvalue weighted by molar-refractivity contribution is 7.99. The monoisotopic (exact) mass is 359 g/mol. The van der Waals surface area contributed by atoms with Gasteiger partial charge < -0.3 is 9.73 Å². The summed E-state index contributed by atoms with van der Waals surface area (Å²) >= 11 is 1.42. The lowest BCUT2D eigenvalue weighted by Gasteiger charge is -2.08. The summed E-state index contributed by atoms with van der Waals surface area (Å²) in [7, 11) is 0. The number of halogens is 3. The molecule has 0 fully saturated rings. The van der Waals surface area contributed by atoms with Gasteiger partial charge in [-0.15, -0.1) is 10.2 Å². The van der Waals surface area contributed by atoms with Crippen LogP contribution in [-0.4, -0.2) is 21.4 Å². The van der Waals surface area contributed by atoms with Crippen LogP contribution in [0.5, 0.6) is 0 Å². The molecule has 2 rings (SSSR count). The third kappa shape index (κ3) is 4.98. The highest BCUT2D eigenvalue weighted by atomic mass is 32.2. The van der Waals surface area contributed by atoms with Crippen molar-refractivity contribution in [1.82, 2.24) is 15.5 Å². The van der Waals surface area contributed by atoms with Crippen molar-refractivity contribution in [3.63, 3.8) is 0 Å². The molecule has 1 aromatic carbocycles. The van der Waals surface area contributed by atoms with E-state index in [4.69, 9.17) is 4.42 Å². The summed E-state index contributed by atoms with van der Waals surface area (Å²) in [6, 6.07) is 4.20. The number of rotatable bonds is 6. The Bertz CT molecular complexity index is 703. The third-order valence-corrected chi connectivity index (χ3v) is 4.28. The van der Waals surface area contributed by atoms with E-state index in [-0.39, 0.29) is 18.0 Å². The van der Waals surface area contributed by atoms with Crippen LogP contribution in [0.2, 0.25) is 0 Å². The topological polar surface area (TPSA) is 68.0 Å². The van der Waals surface area contributed by atoms with E-state index in [1.165, 1.54) is 23.9 Å². The van der Waals surface area contributed by atoms with Crippen molar-refractivity contribution in [1.29, 1.82) is 0 Å². The standard InChI is InChI=1S/C15H16F3N3O2S/c1-3-9(2)24-14-21-20-12(23-14)8-19-13(22)10-5-4-6-11(7-10)15(16,17)18/h4-7,9H,3,8H2,1-2H3,(H,19,22)/t9-/m0/s1. The Kier molecular flexibility index (Phi) is 5.87. The molecule has 1 amide bonds. The van der Waals surface area contributed by atoms with E-state index in [0.717, 1.165) is 18.6 Å². The molecule has 0 aliphatic carbocycles. The lowest BCUT2D eigenvalue weighted by Crippen LogP contribution is -2.23. The van der Waals surface area contributed by atoms with E-state index in [1.807, 2.05) is 13.8 Å². The van der Waals surface area contributed by atoms with Crippen molar-refractivity contribution in [2.75, 3.05) is 0 Å². The minimum atomic E-state index is -4.50. The lowest BCUT2D eigenvalue weighted by atomic mass is 10.1. The average Bonchev–Trinajstić information content (AvgIpc) is 2.99. The Morgan fingerprint density at radius 1 is 1.38 bits per heavy atom. The van der Waals surface area contributed by atoms with Gasteiger partial charge in [0.15, 0.2) is 0 Å². The Morgan fingerprint density at radius 3 is 2.79 bits per heavy atom. The highest BCUT2D eigenvalue weighted by Crippen LogP contribution is 2.29. The van der Waals surface area contributed by atoms with Gasteiger partial charge >= 0.3 is 6.18 Å². The van der Waals surface area contributed by atoms with E-state index in [0.29, 0.717) is 10.5 Å². The molecule has 1 atom stereocenters. The van der Waals surface area contributed by atoms with Crippen LogP contribution in [0.4, 0.5) is 13.2 Å². The maximum Gasteiger partial charge on any atom is 0.416 e. The van der Waals surface area contributed by atoms with Crippen molar-refractivity contribution in [3.8, 4) is 0 Å². The molecule has 130 valence electrons. The van der Waals surface area contributed by atoms with E-state index < -0.39 is 17.6 Å². The van der Waals surface area contributed by atoms with E-state index in [9.17, 15) is 18.0 Å². The fourth-order valence-electron chi connectivity index (χ4n) is 1.71. The number of carbonyl (C=O) groups is 1. The fourth-order valence-corrected chi connectivity index (χ4v) is 2.45. The molecule has 2 aromatic rings. The van der Waals surface area contributed by atoms with Crippen LogP contribution >= 0.6 is 11.8 Å². The second kappa shape index (κ2) is 7.69. The predicted octanol–water partition coefficient (Wildman–Crippen LogP) is 3.91. The van der Waals surface area contributed by atoms with Gasteiger partial charge in [0.2, 0.25) is 5.89 Å². The van der Waals surface area contributed by atoms with Crippen LogP contribution in [0.25, 0.3) is 0 Å². The first-order chi connectivity index (χ1) is 11.3. The van der Waals surface area contributed by atoms with Gasteiger partial charge in [-0.05, 0) is 24.6 Å². The second-order valence-electron chi connectivity index (χ2n) is 5.06. The van der Waals surface area contributed by atoms with Gasteiger partial charge in [-0.25, -0.2) is 0 Å². The first-order valence-corrected chi connectivity index (χ1v) is 8.12. The van der Waals surface area contributed by atoms with Crippen molar-refractivity contribution in [2.24, 2.45) is 0 Å². The van der Waals surface area contributed by atoms with Crippen LogP contribution in [0.3, 0.4) is 0 Å². The Balaban J connectivity index is 1.96. The predicted molar refractivity (Wildman–Crippen MR) is 82.5 cm³/mol. The van der Waals surface area contributed by atoms with Gasteiger partial charge in [0.1, 0.15) is 0 Å². The second-order valence-corrected chi connectivity index (χ2v) is 6.45. The van der Waals surface area contributed by atoms with Crippen molar-refractivity contribution in [3.05, 3.63) is 41.3 Å². The maximum atomic E-state index is 12.7. The van der Waals surface area contributed by atoms with Crippen molar-refractivity contribution >= 4 is 17.7 Å². The number of benzene rings is 1. The minimum absolute atomic E-state index is 0.0524. The zero-order valence-corrected chi connectivity index (χ0v) is 13.9. The van der Waals surface area contributed by atoms with Crippen LogP contribution in [-0.2, 0) is 12.7 Å². The third-order valence-electron chi connectivity index (χ3n) is 3.18. The van der Waals surface area contributed by atoms with Crippen molar-refractivity contribution < 1.29 is 22.4 Å². The number of thioether (sulfide) groups is 1. The maximum absolute atomic E-state index is 12.7. The molecular weight excluding hydrogens is 343 g/mol. The smallest absolute Gasteiger partial charge is 0.414 e. The van der Waals surface area contributed by atoms with E-state index >= 15 is 0 Å². The molecule has 0 aliphatic heterocycles. The van der Waals surface area contributed by atoms with Gasteiger partial charge in [-0.2, -0.15) is 13.2 Å². The molecular formula is C15H16F3N3O2S. The molecule has 0 aliphatic rings. The van der Waals surface area contributed by atoms with Gasteiger partial charge in [0, 0.05) is 10.8 Å². The Hall–Kier alpha value is -2.03. The summed E-state index contributed by atoms with van der Waals surface area (Å²) in [4.78, 5) is 12.0. The number of nitrogens with one attached hydrogen (secondary N) is 1. The molecule has 1 heterocycles. The number of carbonyl (C=O) groups excluding carboxylic acids is 1. The largest absolute Gasteiger partial charge is 0.416 e. The number of amides is 1. The number of aromatic nitrogens is 2. The van der Waals surface area contributed by atoms with Gasteiger partial charge in [-0.1, -0.05) is 31.7 Å². The first kappa shape index (κ1) is 18.3. The lowest BCUT2D eigenvalue weighted by molar-refractivity contribution is -0.137. The molecule has 0 spiro atoms. The van der Waals surface area contributed by atoms with Crippen LogP contribution in [0.15, 0.2) is 33.9 Å². The summed E-state index contributed by atoms with van der Waals surface area (Å²) in [5.74, 6) is -0.448. The quantitative estimate of drug-likeness (QED) is 0.792.